The van der Waals surface area contributed by atoms with Crippen molar-refractivity contribution in [1.29, 1.82) is 0 Å². The highest BCUT2D eigenvalue weighted by Gasteiger charge is 2.06. The third-order valence-electron chi connectivity index (χ3n) is 5.08. The van der Waals surface area contributed by atoms with E-state index in [-0.39, 0.29) is 5.82 Å². The van der Waals surface area contributed by atoms with E-state index in [0.717, 1.165) is 49.8 Å². The van der Waals surface area contributed by atoms with E-state index in [0.29, 0.717) is 11.7 Å². The predicted molar refractivity (Wildman–Crippen MR) is 124 cm³/mol. The Kier molecular flexibility index (Phi) is 10.4. The lowest BCUT2D eigenvalue weighted by Crippen LogP contribution is -2.08. The Morgan fingerprint density at radius 1 is 1.07 bits per heavy atom. The van der Waals surface area contributed by atoms with Crippen LogP contribution in [0.25, 0.3) is 17.2 Å². The SMILES string of the molecule is C=CCc1ccc(-c2ccc(C=CCCCC(C)OCCCCC)cc2F)cc1. The summed E-state index contributed by atoms with van der Waals surface area (Å²) in [6, 6.07) is 13.5. The van der Waals surface area contributed by atoms with E-state index < -0.39 is 0 Å². The van der Waals surface area contributed by atoms with Crippen LogP contribution in [-0.4, -0.2) is 12.7 Å². The van der Waals surface area contributed by atoms with Crippen LogP contribution >= 0.6 is 0 Å². The van der Waals surface area contributed by atoms with Gasteiger partial charge in [-0.3, -0.25) is 0 Å². The lowest BCUT2D eigenvalue weighted by Gasteiger charge is -2.12. The zero-order valence-electron chi connectivity index (χ0n) is 18.0. The van der Waals surface area contributed by atoms with Gasteiger partial charge in [-0.2, -0.15) is 0 Å². The second kappa shape index (κ2) is 13.1. The minimum atomic E-state index is -0.183. The summed E-state index contributed by atoms with van der Waals surface area (Å²) in [5, 5.41) is 0. The molecule has 0 fully saturated rings. The second-order valence-electron chi connectivity index (χ2n) is 7.65. The standard InChI is InChI=1S/C27H35FO/c1-4-6-10-20-29-22(3)12-8-7-9-13-24-16-19-26(27(28)21-24)25-17-14-23(11-5-2)15-18-25/h5,9,13-19,21-22H,2,4,6-8,10-12,20H2,1,3H3. The van der Waals surface area contributed by atoms with Gasteiger partial charge in [0.25, 0.3) is 0 Å². The van der Waals surface area contributed by atoms with E-state index >= 15 is 0 Å². The summed E-state index contributed by atoms with van der Waals surface area (Å²) < 4.78 is 20.4. The molecular formula is C27H35FO. The zero-order valence-corrected chi connectivity index (χ0v) is 18.0. The van der Waals surface area contributed by atoms with Crippen LogP contribution in [0.15, 0.2) is 61.2 Å². The second-order valence-corrected chi connectivity index (χ2v) is 7.65. The maximum absolute atomic E-state index is 14.6. The zero-order chi connectivity index (χ0) is 20.9. The molecule has 2 aromatic rings. The lowest BCUT2D eigenvalue weighted by atomic mass is 10.0. The molecule has 2 heteroatoms. The monoisotopic (exact) mass is 394 g/mol. The molecule has 156 valence electrons. The van der Waals surface area contributed by atoms with Crippen LogP contribution < -0.4 is 0 Å². The summed E-state index contributed by atoms with van der Waals surface area (Å²) >= 11 is 0. The van der Waals surface area contributed by atoms with Gasteiger partial charge in [-0.05, 0) is 61.8 Å². The number of benzene rings is 2. The predicted octanol–water partition coefficient (Wildman–Crippen LogP) is 8.00. The van der Waals surface area contributed by atoms with Crippen molar-refractivity contribution in [2.45, 2.75) is 64.9 Å². The van der Waals surface area contributed by atoms with Crippen molar-refractivity contribution in [3.63, 3.8) is 0 Å². The molecule has 0 saturated heterocycles. The summed E-state index contributed by atoms with van der Waals surface area (Å²) in [5.41, 5.74) is 3.63. The summed E-state index contributed by atoms with van der Waals surface area (Å²) in [6.07, 6.45) is 13.9. The fraction of sp³-hybridized carbons (Fsp3) is 0.407. The molecule has 0 radical (unpaired) electrons. The van der Waals surface area contributed by atoms with Crippen LogP contribution in [0.3, 0.4) is 0 Å². The highest BCUT2D eigenvalue weighted by Crippen LogP contribution is 2.25. The number of ether oxygens (including phenoxy) is 1. The van der Waals surface area contributed by atoms with Gasteiger partial charge in [0.05, 0.1) is 6.10 Å². The molecule has 0 N–H and O–H groups in total. The molecule has 0 aliphatic heterocycles. The van der Waals surface area contributed by atoms with Crippen molar-refractivity contribution in [2.75, 3.05) is 6.61 Å². The molecule has 0 saturated carbocycles. The molecule has 0 heterocycles. The molecule has 0 amide bonds. The van der Waals surface area contributed by atoms with E-state index in [1.807, 2.05) is 48.6 Å². The van der Waals surface area contributed by atoms with Gasteiger partial charge in [-0.25, -0.2) is 4.39 Å². The summed E-state index contributed by atoms with van der Waals surface area (Å²) in [4.78, 5) is 0. The Balaban J connectivity index is 1.80. The average Bonchev–Trinajstić information content (AvgIpc) is 2.72. The molecule has 2 aromatic carbocycles. The van der Waals surface area contributed by atoms with Gasteiger partial charge in [-0.1, -0.05) is 74.4 Å². The maximum atomic E-state index is 14.6. The molecular weight excluding hydrogens is 359 g/mol. The van der Waals surface area contributed by atoms with Gasteiger partial charge in [0.1, 0.15) is 5.82 Å². The van der Waals surface area contributed by atoms with Crippen molar-refractivity contribution in [2.24, 2.45) is 0 Å². The first-order chi connectivity index (χ1) is 14.1. The third kappa shape index (κ3) is 8.37. The van der Waals surface area contributed by atoms with Crippen LogP contribution in [0.4, 0.5) is 4.39 Å². The van der Waals surface area contributed by atoms with Gasteiger partial charge in [-0.15, -0.1) is 6.58 Å². The Hall–Kier alpha value is -2.19. The Morgan fingerprint density at radius 2 is 1.86 bits per heavy atom. The van der Waals surface area contributed by atoms with Crippen LogP contribution in [0.1, 0.15) is 63.5 Å². The van der Waals surface area contributed by atoms with Gasteiger partial charge in [0.15, 0.2) is 0 Å². The number of allylic oxidation sites excluding steroid dienone is 2. The molecule has 0 spiro atoms. The van der Waals surface area contributed by atoms with E-state index in [2.05, 4.69) is 26.5 Å². The highest BCUT2D eigenvalue weighted by atomic mass is 19.1. The van der Waals surface area contributed by atoms with Crippen molar-refractivity contribution >= 4 is 6.08 Å². The molecule has 1 atom stereocenters. The Morgan fingerprint density at radius 3 is 2.55 bits per heavy atom. The lowest BCUT2D eigenvalue weighted by molar-refractivity contribution is 0.0566. The Bertz CT molecular complexity index is 761. The third-order valence-corrected chi connectivity index (χ3v) is 5.08. The number of rotatable bonds is 13. The molecule has 0 aromatic heterocycles. The fourth-order valence-electron chi connectivity index (χ4n) is 3.32. The largest absolute Gasteiger partial charge is 0.379 e. The van der Waals surface area contributed by atoms with Crippen LogP contribution in [-0.2, 0) is 11.2 Å². The summed E-state index contributed by atoms with van der Waals surface area (Å²) in [6.45, 7) is 8.97. The van der Waals surface area contributed by atoms with E-state index in [4.69, 9.17) is 4.74 Å². The van der Waals surface area contributed by atoms with Crippen molar-refractivity contribution in [3.05, 3.63) is 78.1 Å². The highest BCUT2D eigenvalue weighted by molar-refractivity contribution is 5.66. The van der Waals surface area contributed by atoms with Gasteiger partial charge >= 0.3 is 0 Å². The number of halogens is 1. The molecule has 1 nitrogen and oxygen atoms in total. The quantitative estimate of drug-likeness (QED) is 0.247. The molecule has 2 rings (SSSR count). The van der Waals surface area contributed by atoms with E-state index in [1.165, 1.54) is 18.4 Å². The number of hydrogen-bond donors (Lipinski definition) is 0. The molecule has 0 aliphatic carbocycles. The van der Waals surface area contributed by atoms with Crippen molar-refractivity contribution in [3.8, 4) is 11.1 Å². The first-order valence-electron chi connectivity index (χ1n) is 10.9. The number of hydrogen-bond acceptors (Lipinski definition) is 1. The minimum Gasteiger partial charge on any atom is -0.379 e. The van der Waals surface area contributed by atoms with Crippen LogP contribution in [0.5, 0.6) is 0 Å². The molecule has 0 aliphatic rings. The molecule has 29 heavy (non-hydrogen) atoms. The minimum absolute atomic E-state index is 0.183. The van der Waals surface area contributed by atoms with E-state index in [9.17, 15) is 4.39 Å². The van der Waals surface area contributed by atoms with E-state index in [1.54, 1.807) is 6.07 Å². The van der Waals surface area contributed by atoms with Crippen molar-refractivity contribution < 1.29 is 9.13 Å². The van der Waals surface area contributed by atoms with Crippen molar-refractivity contribution in [1.82, 2.24) is 0 Å². The van der Waals surface area contributed by atoms with Crippen LogP contribution in [0, 0.1) is 5.82 Å². The fourth-order valence-corrected chi connectivity index (χ4v) is 3.32. The van der Waals surface area contributed by atoms with Gasteiger partial charge in [0, 0.05) is 12.2 Å². The Labute approximate surface area is 176 Å². The molecule has 0 bridgehead atoms. The van der Waals surface area contributed by atoms with Crippen LogP contribution in [0.2, 0.25) is 0 Å². The first kappa shape index (κ1) is 23.1. The van der Waals surface area contributed by atoms with Gasteiger partial charge < -0.3 is 4.74 Å². The molecule has 1 unspecified atom stereocenters. The maximum Gasteiger partial charge on any atom is 0.131 e. The summed E-state index contributed by atoms with van der Waals surface area (Å²) in [5.74, 6) is -0.183. The average molecular weight is 395 g/mol. The van der Waals surface area contributed by atoms with Gasteiger partial charge in [0.2, 0.25) is 0 Å². The first-order valence-corrected chi connectivity index (χ1v) is 10.9. The smallest absolute Gasteiger partial charge is 0.131 e. The number of unbranched alkanes of at least 4 members (excludes halogenated alkanes) is 3. The summed E-state index contributed by atoms with van der Waals surface area (Å²) in [7, 11) is 0. The normalized spacial score (nSPS) is 12.4. The topological polar surface area (TPSA) is 9.23 Å².